The normalized spacial score (nSPS) is 21.4. The molecule has 2 aliphatic rings. The molecule has 3 rings (SSSR count). The van der Waals surface area contributed by atoms with Crippen LogP contribution in [-0.2, 0) is 35.1 Å². The van der Waals surface area contributed by atoms with Crippen molar-refractivity contribution in [3.05, 3.63) is 11.3 Å². The van der Waals surface area contributed by atoms with Gasteiger partial charge in [0.15, 0.2) is 5.88 Å². The number of carbonyl (C=O) groups excluding carboxylic acids is 2. The Morgan fingerprint density at radius 1 is 1.35 bits per heavy atom. The fraction of sp³-hybridized carbons (Fsp3) is 0.571. The second-order valence-electron chi connectivity index (χ2n) is 6.78. The summed E-state index contributed by atoms with van der Waals surface area (Å²) in [5.74, 6) is -5.64. The van der Waals surface area contributed by atoms with Gasteiger partial charge in [-0.05, 0) is 27.8 Å². The summed E-state index contributed by atoms with van der Waals surface area (Å²) in [7, 11) is -3.40. The number of fused-ring (bicyclic) bond motifs is 1. The standard InChI is InChI=1S/C14H15F3N6O8S4.2Na.2H/c1-31-13(18-7(24)4-34-14(15,16)17)10(27)23-8(9(25)26)6(2-32-11(13)23)3-33-12-19-20-21-22(12)5-35(28,29)30;;;;/h11H,2-5H2,1H3,(H,18,24)(H,25,26)(H,28,29,30);;;;/t11-,13+;;;;/m1..../s1. The average molecular weight is 629 g/mol. The van der Waals surface area contributed by atoms with Crippen LogP contribution in [0.15, 0.2) is 16.4 Å². The number of thioether (sulfide) groups is 3. The summed E-state index contributed by atoms with van der Waals surface area (Å²) in [6.07, 6.45) is 0. The van der Waals surface area contributed by atoms with Crippen molar-refractivity contribution in [3.63, 3.8) is 0 Å². The number of rotatable bonds is 10. The van der Waals surface area contributed by atoms with E-state index in [2.05, 4.69) is 20.8 Å². The number of β-lactam (4-membered cyclic amide) rings is 1. The Morgan fingerprint density at radius 3 is 2.54 bits per heavy atom. The molecule has 2 atom stereocenters. The Bertz CT molecular complexity index is 1190. The van der Waals surface area contributed by atoms with E-state index in [4.69, 9.17) is 9.29 Å². The molecule has 3 heterocycles. The van der Waals surface area contributed by atoms with Crippen LogP contribution < -0.4 is 5.32 Å². The Kier molecular flexibility index (Phi) is 12.8. The quantitative estimate of drug-likeness (QED) is 0.0871. The number of methoxy groups -OCH3 is 1. The molecule has 0 aliphatic carbocycles. The first-order valence-electron chi connectivity index (χ1n) is 9.00. The van der Waals surface area contributed by atoms with Crippen molar-refractivity contribution < 1.29 is 50.4 Å². The van der Waals surface area contributed by atoms with Gasteiger partial charge in [-0.1, -0.05) is 11.8 Å². The molecule has 23 heteroatoms. The van der Waals surface area contributed by atoms with Crippen LogP contribution in [0.25, 0.3) is 0 Å². The number of tetrazole rings is 1. The summed E-state index contributed by atoms with van der Waals surface area (Å²) in [5, 5.41) is 21.1. The first-order valence-corrected chi connectivity index (χ1v) is 13.6. The summed E-state index contributed by atoms with van der Waals surface area (Å²) in [4.78, 5) is 37.7. The Balaban J connectivity index is 0.00000342. The molecule has 1 aromatic rings. The summed E-state index contributed by atoms with van der Waals surface area (Å²) >= 11 is 1.24. The van der Waals surface area contributed by atoms with Crippen molar-refractivity contribution >= 4 is 122 Å². The van der Waals surface area contributed by atoms with Crippen LogP contribution in [0.3, 0.4) is 0 Å². The minimum absolute atomic E-state index is 0. The van der Waals surface area contributed by atoms with Crippen LogP contribution in [-0.4, -0.2) is 161 Å². The number of nitrogens with zero attached hydrogens (tertiary/aromatic N) is 5. The summed E-state index contributed by atoms with van der Waals surface area (Å²) < 4.78 is 74.2. The van der Waals surface area contributed by atoms with E-state index in [9.17, 15) is 41.1 Å². The van der Waals surface area contributed by atoms with Gasteiger partial charge in [-0.15, -0.1) is 16.9 Å². The second kappa shape index (κ2) is 13.5. The fourth-order valence-electron chi connectivity index (χ4n) is 3.13. The predicted molar refractivity (Wildman–Crippen MR) is 129 cm³/mol. The number of amides is 2. The second-order valence-corrected chi connectivity index (χ2v) is 11.3. The van der Waals surface area contributed by atoms with E-state index in [0.717, 1.165) is 40.2 Å². The van der Waals surface area contributed by atoms with Crippen molar-refractivity contribution in [2.24, 2.45) is 0 Å². The zero-order chi connectivity index (χ0) is 26.2. The minimum atomic E-state index is -4.67. The van der Waals surface area contributed by atoms with Gasteiger partial charge in [0.2, 0.25) is 11.1 Å². The van der Waals surface area contributed by atoms with E-state index in [1.165, 1.54) is 0 Å². The van der Waals surface area contributed by atoms with Gasteiger partial charge >= 0.3 is 70.6 Å². The molecule has 0 aromatic carbocycles. The van der Waals surface area contributed by atoms with Crippen molar-refractivity contribution in [2.45, 2.75) is 27.6 Å². The molecule has 2 amide bonds. The molecule has 0 saturated carbocycles. The molecule has 1 fully saturated rings. The number of carboxylic acid groups (broad SMARTS) is 1. The fourth-order valence-corrected chi connectivity index (χ4v) is 6.52. The Hall–Kier alpha value is -0.0700. The topological polar surface area (TPSA) is 194 Å². The van der Waals surface area contributed by atoms with Gasteiger partial charge in [-0.3, -0.25) is 19.0 Å². The van der Waals surface area contributed by atoms with Crippen LogP contribution in [0.4, 0.5) is 13.2 Å². The Morgan fingerprint density at radius 2 is 2.00 bits per heavy atom. The Labute approximate surface area is 263 Å². The van der Waals surface area contributed by atoms with Crippen molar-refractivity contribution in [1.82, 2.24) is 30.4 Å². The number of halogens is 3. The number of ether oxygens (including phenoxy) is 1. The van der Waals surface area contributed by atoms with Gasteiger partial charge < -0.3 is 15.2 Å². The molecule has 14 nitrogen and oxygen atoms in total. The van der Waals surface area contributed by atoms with E-state index < -0.39 is 73.6 Å². The number of carboxylic acids is 1. The first-order chi connectivity index (χ1) is 16.2. The van der Waals surface area contributed by atoms with Gasteiger partial charge in [0.1, 0.15) is 11.1 Å². The monoisotopic (exact) mass is 628 g/mol. The third kappa shape index (κ3) is 8.22. The number of nitrogens with one attached hydrogen (secondary N) is 1. The maximum absolute atomic E-state index is 12.9. The van der Waals surface area contributed by atoms with Gasteiger partial charge in [0.05, 0.1) is 5.75 Å². The summed E-state index contributed by atoms with van der Waals surface area (Å²) in [5.41, 5.74) is -6.92. The number of carbonyl (C=O) groups is 3. The van der Waals surface area contributed by atoms with E-state index in [1.807, 2.05) is 0 Å². The molecular weight excluding hydrogens is 611 g/mol. The zero-order valence-electron chi connectivity index (χ0n) is 17.3. The molecule has 0 radical (unpaired) electrons. The number of hydrogen-bond donors (Lipinski definition) is 3. The van der Waals surface area contributed by atoms with Crippen molar-refractivity contribution in [2.75, 3.05) is 24.4 Å². The first kappa shape index (κ1) is 35.0. The molecular formula is C14H17F3N6Na2O8S4. The van der Waals surface area contributed by atoms with E-state index in [1.54, 1.807) is 0 Å². The molecule has 3 N–H and O–H groups in total. The third-order valence-corrected chi connectivity index (χ3v) is 8.21. The van der Waals surface area contributed by atoms with Gasteiger partial charge in [-0.25, -0.2) is 9.48 Å². The van der Waals surface area contributed by atoms with E-state index >= 15 is 0 Å². The molecule has 0 spiro atoms. The van der Waals surface area contributed by atoms with E-state index in [-0.39, 0.29) is 81.3 Å². The molecule has 1 saturated heterocycles. The molecule has 0 bridgehead atoms. The number of hydrogen-bond acceptors (Lipinski definition) is 12. The number of alkyl halides is 3. The van der Waals surface area contributed by atoms with Crippen LogP contribution in [0, 0.1) is 0 Å². The van der Waals surface area contributed by atoms with Crippen molar-refractivity contribution in [3.8, 4) is 0 Å². The maximum atomic E-state index is 12.9. The number of aliphatic carboxylic acids is 1. The van der Waals surface area contributed by atoms with Gasteiger partial charge in [0.25, 0.3) is 21.8 Å². The predicted octanol–water partition coefficient (Wildman–Crippen LogP) is -1.72. The van der Waals surface area contributed by atoms with Crippen LogP contribution in [0.5, 0.6) is 0 Å². The average Bonchev–Trinajstić information content (AvgIpc) is 3.18. The van der Waals surface area contributed by atoms with E-state index in [0.29, 0.717) is 0 Å². The SMILES string of the molecule is CO[C@@]1(NC(=O)CSC(F)(F)F)C(=O)N2C(C(=O)O)=C(CSc3nnnn3CS(=O)(=O)O)CS[C@@H]21.[NaH].[NaH]. The van der Waals surface area contributed by atoms with Crippen molar-refractivity contribution in [1.29, 1.82) is 0 Å². The molecule has 0 unspecified atom stereocenters. The molecule has 2 aliphatic heterocycles. The molecule has 37 heavy (non-hydrogen) atoms. The number of aromatic nitrogens is 4. The van der Waals surface area contributed by atoms with Crippen LogP contribution in [0.2, 0.25) is 0 Å². The molecule has 1 aromatic heterocycles. The zero-order valence-corrected chi connectivity index (χ0v) is 20.5. The summed E-state index contributed by atoms with van der Waals surface area (Å²) in [6.45, 7) is 0. The summed E-state index contributed by atoms with van der Waals surface area (Å²) in [6, 6.07) is 0. The van der Waals surface area contributed by atoms with Crippen LogP contribution >= 0.6 is 35.3 Å². The van der Waals surface area contributed by atoms with Gasteiger partial charge in [-0.2, -0.15) is 21.6 Å². The third-order valence-electron chi connectivity index (χ3n) is 4.49. The van der Waals surface area contributed by atoms with Gasteiger partial charge in [0, 0.05) is 18.6 Å². The molecule has 198 valence electrons. The van der Waals surface area contributed by atoms with Crippen LogP contribution in [0.1, 0.15) is 0 Å².